The highest BCUT2D eigenvalue weighted by molar-refractivity contribution is 7.99. The first-order chi connectivity index (χ1) is 9.65. The number of carbonyl (C=O) groups excluding carboxylic acids is 1. The molecule has 0 unspecified atom stereocenters. The van der Waals surface area contributed by atoms with Crippen LogP contribution in [0.1, 0.15) is 10.5 Å². The van der Waals surface area contributed by atoms with Gasteiger partial charge in [0.1, 0.15) is 11.5 Å². The van der Waals surface area contributed by atoms with Crippen molar-refractivity contribution in [3.8, 4) is 0 Å². The number of carbonyl (C=O) groups is 1. The van der Waals surface area contributed by atoms with Crippen LogP contribution in [0, 0.1) is 5.82 Å². The van der Waals surface area contributed by atoms with Gasteiger partial charge in [0.2, 0.25) is 0 Å². The quantitative estimate of drug-likeness (QED) is 0.778. The van der Waals surface area contributed by atoms with Crippen LogP contribution in [0.25, 0.3) is 10.9 Å². The second-order valence-electron chi connectivity index (χ2n) is 4.17. The van der Waals surface area contributed by atoms with Crippen LogP contribution in [0.2, 0.25) is 0 Å². The van der Waals surface area contributed by atoms with Crippen molar-refractivity contribution in [3.05, 3.63) is 54.2 Å². The Kier molecular flexibility index (Phi) is 3.15. The highest BCUT2D eigenvalue weighted by atomic mass is 32.2. The number of nitrogens with one attached hydrogen (secondary N) is 1. The lowest BCUT2D eigenvalue weighted by Gasteiger charge is -2.02. The molecule has 0 aliphatic carbocycles. The molecule has 4 nitrogen and oxygen atoms in total. The molecule has 0 saturated carbocycles. The van der Waals surface area contributed by atoms with E-state index < -0.39 is 5.91 Å². The number of aromatic amines is 1. The van der Waals surface area contributed by atoms with E-state index >= 15 is 0 Å². The monoisotopic (exact) mass is 287 g/mol. The second kappa shape index (κ2) is 4.97. The number of benzene rings is 1. The van der Waals surface area contributed by atoms with Crippen LogP contribution in [0.4, 0.5) is 4.39 Å². The van der Waals surface area contributed by atoms with Gasteiger partial charge in [0.05, 0.1) is 10.4 Å². The maximum atomic E-state index is 13.2. The molecule has 0 aliphatic heterocycles. The molecule has 0 aliphatic rings. The molecule has 0 bridgehead atoms. The number of fused-ring (bicyclic) bond motifs is 1. The van der Waals surface area contributed by atoms with Crippen molar-refractivity contribution in [2.24, 2.45) is 5.73 Å². The Labute approximate surface area is 118 Å². The molecule has 100 valence electrons. The van der Waals surface area contributed by atoms with Crippen molar-refractivity contribution in [2.75, 3.05) is 0 Å². The van der Waals surface area contributed by atoms with Crippen molar-refractivity contribution in [2.45, 2.75) is 9.79 Å². The van der Waals surface area contributed by atoms with Crippen molar-refractivity contribution in [1.29, 1.82) is 0 Å². The highest BCUT2D eigenvalue weighted by Crippen LogP contribution is 2.36. The fourth-order valence-corrected chi connectivity index (χ4v) is 3.02. The van der Waals surface area contributed by atoms with E-state index in [0.717, 1.165) is 10.9 Å². The third kappa shape index (κ3) is 2.25. The van der Waals surface area contributed by atoms with E-state index in [1.165, 1.54) is 23.9 Å². The summed E-state index contributed by atoms with van der Waals surface area (Å²) in [6.45, 7) is 0. The third-order valence-electron chi connectivity index (χ3n) is 2.81. The van der Waals surface area contributed by atoms with E-state index in [-0.39, 0.29) is 5.82 Å². The van der Waals surface area contributed by atoms with E-state index in [2.05, 4.69) is 9.97 Å². The van der Waals surface area contributed by atoms with E-state index in [1.807, 2.05) is 0 Å². The van der Waals surface area contributed by atoms with E-state index in [0.29, 0.717) is 15.5 Å². The van der Waals surface area contributed by atoms with Crippen LogP contribution in [0.5, 0.6) is 0 Å². The predicted octanol–water partition coefficient (Wildman–Crippen LogP) is 2.95. The Bertz CT molecular complexity index is 800. The first-order valence-electron chi connectivity index (χ1n) is 5.84. The number of aromatic nitrogens is 2. The minimum absolute atomic E-state index is 0.308. The number of nitrogens with zero attached hydrogens (tertiary/aromatic N) is 1. The predicted molar refractivity (Wildman–Crippen MR) is 75.1 cm³/mol. The molecule has 1 amide bonds. The largest absolute Gasteiger partial charge is 0.364 e. The first-order valence-corrected chi connectivity index (χ1v) is 6.65. The average Bonchev–Trinajstić information content (AvgIpc) is 2.78. The highest BCUT2D eigenvalue weighted by Gasteiger charge is 2.17. The van der Waals surface area contributed by atoms with Crippen molar-refractivity contribution in [1.82, 2.24) is 9.97 Å². The van der Waals surface area contributed by atoms with Crippen LogP contribution in [0.15, 0.2) is 52.5 Å². The van der Waals surface area contributed by atoms with Gasteiger partial charge in [0, 0.05) is 22.7 Å². The summed E-state index contributed by atoms with van der Waals surface area (Å²) in [7, 11) is 0. The third-order valence-corrected chi connectivity index (χ3v) is 3.93. The zero-order chi connectivity index (χ0) is 14.1. The summed E-state index contributed by atoms with van der Waals surface area (Å²) < 4.78 is 13.2. The molecule has 0 atom stereocenters. The van der Waals surface area contributed by atoms with Crippen molar-refractivity contribution >= 4 is 28.6 Å². The van der Waals surface area contributed by atoms with E-state index in [9.17, 15) is 9.18 Å². The molecule has 0 radical (unpaired) electrons. The lowest BCUT2D eigenvalue weighted by atomic mass is 10.3. The minimum Gasteiger partial charge on any atom is -0.364 e. The van der Waals surface area contributed by atoms with Crippen molar-refractivity contribution in [3.63, 3.8) is 0 Å². The lowest BCUT2D eigenvalue weighted by molar-refractivity contribution is 0.0993. The number of pyridine rings is 1. The number of H-pyrrole nitrogens is 1. The Balaban J connectivity index is 2.14. The molecular formula is C14H10FN3OS. The van der Waals surface area contributed by atoms with Gasteiger partial charge < -0.3 is 10.7 Å². The van der Waals surface area contributed by atoms with Crippen LogP contribution < -0.4 is 5.73 Å². The smallest absolute Gasteiger partial charge is 0.266 e. The fraction of sp³-hybridized carbons (Fsp3) is 0. The van der Waals surface area contributed by atoms with Gasteiger partial charge in [0.15, 0.2) is 0 Å². The molecule has 6 heteroatoms. The summed E-state index contributed by atoms with van der Waals surface area (Å²) in [6.07, 6.45) is 3.28. The van der Waals surface area contributed by atoms with Gasteiger partial charge in [-0.3, -0.25) is 9.78 Å². The van der Waals surface area contributed by atoms with Crippen LogP contribution in [0.3, 0.4) is 0 Å². The Morgan fingerprint density at radius 1 is 1.35 bits per heavy atom. The number of halogens is 1. The van der Waals surface area contributed by atoms with Gasteiger partial charge >= 0.3 is 0 Å². The van der Waals surface area contributed by atoms with Crippen LogP contribution in [-0.2, 0) is 0 Å². The SMILES string of the molecule is NC(=O)c1[nH]c2ccncc2c1Sc1cccc(F)c1. The summed E-state index contributed by atoms with van der Waals surface area (Å²) in [5.41, 5.74) is 6.46. The van der Waals surface area contributed by atoms with E-state index in [4.69, 9.17) is 5.73 Å². The number of nitrogens with two attached hydrogens (primary N) is 1. The Hall–Kier alpha value is -2.34. The topological polar surface area (TPSA) is 71.8 Å². The number of hydrogen-bond donors (Lipinski definition) is 2. The maximum Gasteiger partial charge on any atom is 0.266 e. The molecule has 0 saturated heterocycles. The molecule has 2 heterocycles. The van der Waals surface area contributed by atoms with Gasteiger partial charge in [-0.25, -0.2) is 4.39 Å². The standard InChI is InChI=1S/C14H10FN3OS/c15-8-2-1-3-9(6-8)20-13-10-7-17-5-4-11(10)18-12(13)14(16)19/h1-7,18H,(H2,16,19). The zero-order valence-electron chi connectivity index (χ0n) is 10.3. The van der Waals surface area contributed by atoms with Gasteiger partial charge in [0.25, 0.3) is 5.91 Å². The molecule has 20 heavy (non-hydrogen) atoms. The second-order valence-corrected chi connectivity index (χ2v) is 5.26. The number of primary amides is 1. The number of rotatable bonds is 3. The molecular weight excluding hydrogens is 277 g/mol. The van der Waals surface area contributed by atoms with Crippen LogP contribution in [-0.4, -0.2) is 15.9 Å². The summed E-state index contributed by atoms with van der Waals surface area (Å²) >= 11 is 1.28. The van der Waals surface area contributed by atoms with Gasteiger partial charge in [-0.05, 0) is 24.3 Å². The Morgan fingerprint density at radius 3 is 2.95 bits per heavy atom. The average molecular weight is 287 g/mol. The molecule has 1 aromatic carbocycles. The van der Waals surface area contributed by atoms with Gasteiger partial charge in [-0.1, -0.05) is 17.8 Å². The maximum absolute atomic E-state index is 13.2. The molecule has 3 N–H and O–H groups in total. The first kappa shape index (κ1) is 12.7. The number of amides is 1. The summed E-state index contributed by atoms with van der Waals surface area (Å²) in [4.78, 5) is 19.9. The fourth-order valence-electron chi connectivity index (χ4n) is 1.94. The summed E-state index contributed by atoms with van der Waals surface area (Å²) in [5.74, 6) is -0.881. The lowest BCUT2D eigenvalue weighted by Crippen LogP contribution is -2.12. The van der Waals surface area contributed by atoms with E-state index in [1.54, 1.807) is 30.6 Å². The normalized spacial score (nSPS) is 10.8. The van der Waals surface area contributed by atoms with Gasteiger partial charge in [-0.15, -0.1) is 0 Å². The molecule has 2 aromatic heterocycles. The molecule has 3 aromatic rings. The van der Waals surface area contributed by atoms with Crippen molar-refractivity contribution < 1.29 is 9.18 Å². The van der Waals surface area contributed by atoms with Crippen LogP contribution >= 0.6 is 11.8 Å². The van der Waals surface area contributed by atoms with Gasteiger partial charge in [-0.2, -0.15) is 0 Å². The minimum atomic E-state index is -0.555. The molecule has 0 fully saturated rings. The number of hydrogen-bond acceptors (Lipinski definition) is 3. The zero-order valence-corrected chi connectivity index (χ0v) is 11.1. The Morgan fingerprint density at radius 2 is 2.20 bits per heavy atom. The summed E-state index contributed by atoms with van der Waals surface area (Å²) in [6, 6.07) is 7.93. The molecule has 0 spiro atoms. The summed E-state index contributed by atoms with van der Waals surface area (Å²) in [5, 5.41) is 0.788. The molecule has 3 rings (SSSR count).